The second kappa shape index (κ2) is 7.69. The number of nitrogens with one attached hydrogen (secondary N) is 1. The molecule has 0 aromatic rings. The van der Waals surface area contributed by atoms with E-state index in [0.29, 0.717) is 12.1 Å². The number of amides is 1. The normalized spacial score (nSPS) is 11.5. The lowest BCUT2D eigenvalue weighted by Crippen LogP contribution is -2.37. The van der Waals surface area contributed by atoms with E-state index < -0.39 is 0 Å². The maximum atomic E-state index is 10.6. The third kappa shape index (κ3) is 7.37. The molecule has 15 heavy (non-hydrogen) atoms. The van der Waals surface area contributed by atoms with Crippen molar-refractivity contribution in [2.24, 2.45) is 0 Å². The SMILES string of the molecule is CC(=O)NCCCCN(C(C)C)C(C)C. The molecule has 0 unspecified atom stereocenters. The Balaban J connectivity index is 3.59. The number of unbranched alkanes of at least 4 members (excludes halogenated alkanes) is 1. The van der Waals surface area contributed by atoms with E-state index in [1.165, 1.54) is 0 Å². The van der Waals surface area contributed by atoms with E-state index in [0.717, 1.165) is 25.9 Å². The van der Waals surface area contributed by atoms with E-state index in [-0.39, 0.29) is 5.91 Å². The van der Waals surface area contributed by atoms with Gasteiger partial charge in [-0.05, 0) is 47.1 Å². The number of carbonyl (C=O) groups is 1. The van der Waals surface area contributed by atoms with Crippen molar-refractivity contribution in [2.45, 2.75) is 59.5 Å². The van der Waals surface area contributed by atoms with Crippen LogP contribution < -0.4 is 5.32 Å². The number of hydrogen-bond acceptors (Lipinski definition) is 2. The van der Waals surface area contributed by atoms with Crippen LogP contribution in [0.25, 0.3) is 0 Å². The molecule has 0 radical (unpaired) electrons. The van der Waals surface area contributed by atoms with Gasteiger partial charge in [0.05, 0.1) is 0 Å². The molecule has 3 heteroatoms. The molecule has 90 valence electrons. The average Bonchev–Trinajstić information content (AvgIpc) is 2.08. The summed E-state index contributed by atoms with van der Waals surface area (Å²) in [6.45, 7) is 12.4. The summed E-state index contributed by atoms with van der Waals surface area (Å²) in [6.07, 6.45) is 2.21. The highest BCUT2D eigenvalue weighted by Gasteiger charge is 2.11. The van der Waals surface area contributed by atoms with Crippen LogP contribution in [0.2, 0.25) is 0 Å². The summed E-state index contributed by atoms with van der Waals surface area (Å²) in [5.74, 6) is 0.0691. The highest BCUT2D eigenvalue weighted by Crippen LogP contribution is 2.06. The monoisotopic (exact) mass is 214 g/mol. The Labute approximate surface area is 94.2 Å². The first-order valence-electron chi connectivity index (χ1n) is 5.95. The van der Waals surface area contributed by atoms with Crippen LogP contribution in [0, 0.1) is 0 Å². The zero-order valence-electron chi connectivity index (χ0n) is 10.8. The van der Waals surface area contributed by atoms with Gasteiger partial charge in [0.2, 0.25) is 5.91 Å². The fraction of sp³-hybridized carbons (Fsp3) is 0.917. The number of rotatable bonds is 7. The number of nitrogens with zero attached hydrogens (tertiary/aromatic N) is 1. The van der Waals surface area contributed by atoms with Gasteiger partial charge in [-0.2, -0.15) is 0 Å². The summed E-state index contributed by atoms with van der Waals surface area (Å²) >= 11 is 0. The fourth-order valence-corrected chi connectivity index (χ4v) is 1.80. The van der Waals surface area contributed by atoms with Gasteiger partial charge in [-0.1, -0.05) is 0 Å². The molecule has 0 spiro atoms. The van der Waals surface area contributed by atoms with Gasteiger partial charge in [0, 0.05) is 25.6 Å². The molecule has 1 N–H and O–H groups in total. The minimum atomic E-state index is 0.0691. The summed E-state index contributed by atoms with van der Waals surface area (Å²) < 4.78 is 0. The van der Waals surface area contributed by atoms with Crippen molar-refractivity contribution in [3.63, 3.8) is 0 Å². The topological polar surface area (TPSA) is 32.3 Å². The maximum absolute atomic E-state index is 10.6. The van der Waals surface area contributed by atoms with Crippen molar-refractivity contribution in [3.05, 3.63) is 0 Å². The van der Waals surface area contributed by atoms with Crippen molar-refractivity contribution in [1.82, 2.24) is 10.2 Å². The predicted octanol–water partition coefficient (Wildman–Crippen LogP) is 2.02. The molecule has 1 amide bonds. The molecule has 0 saturated heterocycles. The van der Waals surface area contributed by atoms with Crippen molar-refractivity contribution in [3.8, 4) is 0 Å². The van der Waals surface area contributed by atoms with Gasteiger partial charge in [-0.15, -0.1) is 0 Å². The Morgan fingerprint density at radius 2 is 1.67 bits per heavy atom. The van der Waals surface area contributed by atoms with Crippen LogP contribution in [0.5, 0.6) is 0 Å². The van der Waals surface area contributed by atoms with Crippen LogP contribution >= 0.6 is 0 Å². The van der Waals surface area contributed by atoms with Crippen LogP contribution in [0.3, 0.4) is 0 Å². The second-order valence-electron chi connectivity index (χ2n) is 4.62. The Hall–Kier alpha value is -0.570. The van der Waals surface area contributed by atoms with Gasteiger partial charge < -0.3 is 5.32 Å². The summed E-state index contributed by atoms with van der Waals surface area (Å²) in [4.78, 5) is 13.1. The fourth-order valence-electron chi connectivity index (χ4n) is 1.80. The molecule has 0 atom stereocenters. The highest BCUT2D eigenvalue weighted by molar-refractivity contribution is 5.72. The molecule has 0 heterocycles. The first-order valence-corrected chi connectivity index (χ1v) is 5.95. The summed E-state index contributed by atoms with van der Waals surface area (Å²) in [5, 5.41) is 2.82. The lowest BCUT2D eigenvalue weighted by atomic mass is 10.2. The maximum Gasteiger partial charge on any atom is 0.216 e. The third-order valence-electron chi connectivity index (χ3n) is 2.54. The zero-order chi connectivity index (χ0) is 11.8. The molecule has 0 aliphatic rings. The Kier molecular flexibility index (Phi) is 7.39. The quantitative estimate of drug-likeness (QED) is 0.658. The molecule has 0 aliphatic heterocycles. The zero-order valence-corrected chi connectivity index (χ0v) is 10.8. The van der Waals surface area contributed by atoms with Gasteiger partial charge in [-0.25, -0.2) is 0 Å². The first kappa shape index (κ1) is 14.4. The number of carbonyl (C=O) groups excluding carboxylic acids is 1. The minimum Gasteiger partial charge on any atom is -0.356 e. The van der Waals surface area contributed by atoms with Crippen LogP contribution in [0.15, 0.2) is 0 Å². The first-order chi connectivity index (χ1) is 6.95. The standard InChI is InChI=1S/C12H26N2O/c1-10(2)14(11(3)4)9-7-6-8-13-12(5)15/h10-11H,6-9H2,1-5H3,(H,13,15). The molecular formula is C12H26N2O. The Morgan fingerprint density at radius 3 is 2.07 bits per heavy atom. The summed E-state index contributed by atoms with van der Waals surface area (Å²) in [6, 6.07) is 1.21. The largest absolute Gasteiger partial charge is 0.356 e. The number of hydrogen-bond donors (Lipinski definition) is 1. The average molecular weight is 214 g/mol. The molecule has 3 nitrogen and oxygen atoms in total. The van der Waals surface area contributed by atoms with Crippen molar-refractivity contribution in [1.29, 1.82) is 0 Å². The predicted molar refractivity (Wildman–Crippen MR) is 64.9 cm³/mol. The summed E-state index contributed by atoms with van der Waals surface area (Å²) in [5.41, 5.74) is 0. The van der Waals surface area contributed by atoms with E-state index in [1.54, 1.807) is 6.92 Å². The van der Waals surface area contributed by atoms with Gasteiger partial charge in [0.15, 0.2) is 0 Å². The molecule has 0 aliphatic carbocycles. The van der Waals surface area contributed by atoms with E-state index in [1.807, 2.05) is 0 Å². The third-order valence-corrected chi connectivity index (χ3v) is 2.54. The van der Waals surface area contributed by atoms with E-state index in [2.05, 4.69) is 37.9 Å². The van der Waals surface area contributed by atoms with Crippen LogP contribution in [-0.4, -0.2) is 36.0 Å². The smallest absolute Gasteiger partial charge is 0.216 e. The molecule has 0 aromatic carbocycles. The van der Waals surface area contributed by atoms with Crippen molar-refractivity contribution in [2.75, 3.05) is 13.1 Å². The molecule has 0 fully saturated rings. The summed E-state index contributed by atoms with van der Waals surface area (Å²) in [7, 11) is 0. The molecule has 0 bridgehead atoms. The lowest BCUT2D eigenvalue weighted by Gasteiger charge is -2.30. The lowest BCUT2D eigenvalue weighted by molar-refractivity contribution is -0.118. The Morgan fingerprint density at radius 1 is 1.13 bits per heavy atom. The van der Waals surface area contributed by atoms with Gasteiger partial charge in [0.1, 0.15) is 0 Å². The minimum absolute atomic E-state index is 0.0691. The van der Waals surface area contributed by atoms with Crippen LogP contribution in [0.1, 0.15) is 47.5 Å². The highest BCUT2D eigenvalue weighted by atomic mass is 16.1. The van der Waals surface area contributed by atoms with Crippen molar-refractivity contribution >= 4 is 5.91 Å². The molecular weight excluding hydrogens is 188 g/mol. The van der Waals surface area contributed by atoms with Crippen LogP contribution in [0.4, 0.5) is 0 Å². The Bertz CT molecular complexity index is 170. The van der Waals surface area contributed by atoms with Gasteiger partial charge in [-0.3, -0.25) is 9.69 Å². The van der Waals surface area contributed by atoms with E-state index >= 15 is 0 Å². The van der Waals surface area contributed by atoms with E-state index in [4.69, 9.17) is 0 Å². The van der Waals surface area contributed by atoms with Gasteiger partial charge >= 0.3 is 0 Å². The van der Waals surface area contributed by atoms with Crippen molar-refractivity contribution < 1.29 is 4.79 Å². The molecule has 0 rings (SSSR count). The van der Waals surface area contributed by atoms with Gasteiger partial charge in [0.25, 0.3) is 0 Å². The van der Waals surface area contributed by atoms with E-state index in [9.17, 15) is 4.79 Å². The van der Waals surface area contributed by atoms with Crippen LogP contribution in [-0.2, 0) is 4.79 Å². The molecule has 0 saturated carbocycles. The second-order valence-corrected chi connectivity index (χ2v) is 4.62. The molecule has 0 aromatic heterocycles.